The van der Waals surface area contributed by atoms with Crippen molar-refractivity contribution in [3.63, 3.8) is 0 Å². The molecule has 0 amide bonds. The number of rotatable bonds is 5. The van der Waals surface area contributed by atoms with Crippen LogP contribution in [-0.4, -0.2) is 24.5 Å². The van der Waals surface area contributed by atoms with Gasteiger partial charge in [0.2, 0.25) is 0 Å². The highest BCUT2D eigenvalue weighted by Gasteiger charge is 2.19. The zero-order valence-corrected chi connectivity index (χ0v) is 25.4. The number of hydrogen-bond acceptors (Lipinski definition) is 5. The summed E-state index contributed by atoms with van der Waals surface area (Å²) >= 11 is 1.74. The summed E-state index contributed by atoms with van der Waals surface area (Å²) in [6.07, 6.45) is 0. The lowest BCUT2D eigenvalue weighted by Crippen LogP contribution is -2.01. The van der Waals surface area contributed by atoms with E-state index < -0.39 is 0 Å². The highest BCUT2D eigenvalue weighted by molar-refractivity contribution is 7.22. The van der Waals surface area contributed by atoms with E-state index in [1.54, 1.807) is 11.3 Å². The van der Waals surface area contributed by atoms with Gasteiger partial charge < -0.3 is 4.57 Å². The maximum absolute atomic E-state index is 5.06. The van der Waals surface area contributed by atoms with Gasteiger partial charge in [0.05, 0.1) is 21.3 Å². The molecule has 5 nitrogen and oxygen atoms in total. The molecule has 0 bridgehead atoms. The first kappa shape index (κ1) is 26.4. The van der Waals surface area contributed by atoms with Gasteiger partial charge in [-0.3, -0.25) is 0 Å². The van der Waals surface area contributed by atoms with Crippen LogP contribution in [0, 0.1) is 0 Å². The van der Waals surface area contributed by atoms with E-state index in [9.17, 15) is 0 Å². The Kier molecular flexibility index (Phi) is 6.25. The monoisotopic (exact) mass is 607 g/mol. The molecule has 0 spiro atoms. The Balaban J connectivity index is 1.27. The van der Waals surface area contributed by atoms with Gasteiger partial charge >= 0.3 is 0 Å². The molecular formula is C40H25N5S. The van der Waals surface area contributed by atoms with Crippen molar-refractivity contribution in [3.8, 4) is 50.4 Å². The van der Waals surface area contributed by atoms with Gasteiger partial charge in [-0.15, -0.1) is 11.3 Å². The Morgan fingerprint density at radius 3 is 1.67 bits per heavy atom. The van der Waals surface area contributed by atoms with Crippen LogP contribution in [0.1, 0.15) is 0 Å². The molecule has 3 aromatic heterocycles. The number of benzene rings is 6. The number of fused-ring (bicyclic) bond motifs is 5. The van der Waals surface area contributed by atoms with Crippen molar-refractivity contribution in [2.75, 3.05) is 0 Å². The quantitative estimate of drug-likeness (QED) is 0.195. The van der Waals surface area contributed by atoms with Crippen molar-refractivity contribution in [1.29, 1.82) is 0 Å². The normalized spacial score (nSPS) is 11.5. The van der Waals surface area contributed by atoms with Crippen LogP contribution in [0.25, 0.3) is 82.4 Å². The minimum atomic E-state index is 0.629. The molecular weight excluding hydrogens is 583 g/mol. The van der Waals surface area contributed by atoms with E-state index in [4.69, 9.17) is 19.9 Å². The molecule has 0 radical (unpaired) electrons. The van der Waals surface area contributed by atoms with E-state index in [1.165, 1.54) is 10.8 Å². The fourth-order valence-corrected chi connectivity index (χ4v) is 7.24. The van der Waals surface area contributed by atoms with Crippen LogP contribution in [0.15, 0.2) is 152 Å². The fourth-order valence-electron chi connectivity index (χ4n) is 6.13. The first-order chi connectivity index (χ1) is 22.8. The lowest BCUT2D eigenvalue weighted by Gasteiger charge is -2.12. The molecule has 0 aliphatic heterocycles. The zero-order chi connectivity index (χ0) is 30.5. The Bertz CT molecular complexity index is 2460. The van der Waals surface area contributed by atoms with E-state index in [0.717, 1.165) is 54.2 Å². The van der Waals surface area contributed by atoms with Crippen LogP contribution in [0.3, 0.4) is 0 Å². The summed E-state index contributed by atoms with van der Waals surface area (Å²) < 4.78 is 3.52. The van der Waals surface area contributed by atoms with Gasteiger partial charge in [-0.2, -0.15) is 0 Å². The predicted molar refractivity (Wildman–Crippen MR) is 189 cm³/mol. The maximum Gasteiger partial charge on any atom is 0.164 e. The molecule has 0 aliphatic carbocycles. The Morgan fingerprint density at radius 2 is 1.00 bits per heavy atom. The van der Waals surface area contributed by atoms with Crippen LogP contribution in [0.4, 0.5) is 0 Å². The topological polar surface area (TPSA) is 56.5 Å². The maximum atomic E-state index is 5.06. The summed E-state index contributed by atoms with van der Waals surface area (Å²) in [7, 11) is 0. The number of para-hydroxylation sites is 1. The van der Waals surface area contributed by atoms with Crippen LogP contribution >= 0.6 is 11.3 Å². The second-order valence-corrected chi connectivity index (χ2v) is 12.1. The van der Waals surface area contributed by atoms with Crippen LogP contribution in [-0.2, 0) is 0 Å². The fraction of sp³-hybridized carbons (Fsp3) is 0. The average Bonchev–Trinajstić information content (AvgIpc) is 3.72. The first-order valence-corrected chi connectivity index (χ1v) is 16.0. The number of hydrogen-bond donors (Lipinski definition) is 0. The molecule has 46 heavy (non-hydrogen) atoms. The summed E-state index contributed by atoms with van der Waals surface area (Å²) in [5.41, 5.74) is 8.26. The number of aromatic nitrogens is 5. The Morgan fingerprint density at radius 1 is 0.435 bits per heavy atom. The van der Waals surface area contributed by atoms with Gasteiger partial charge in [-0.1, -0.05) is 121 Å². The van der Waals surface area contributed by atoms with Crippen LogP contribution in [0.5, 0.6) is 0 Å². The van der Waals surface area contributed by atoms with Crippen LogP contribution in [0.2, 0.25) is 0 Å². The molecule has 9 aromatic rings. The molecule has 0 atom stereocenters. The van der Waals surface area contributed by atoms with E-state index in [0.29, 0.717) is 17.5 Å². The molecule has 6 heteroatoms. The second-order valence-electron chi connectivity index (χ2n) is 11.1. The summed E-state index contributed by atoms with van der Waals surface area (Å²) in [6, 6.07) is 52.0. The summed E-state index contributed by atoms with van der Waals surface area (Å²) in [5.74, 6) is 1.92. The minimum Gasteiger partial charge on any atom is -0.308 e. The van der Waals surface area contributed by atoms with Gasteiger partial charge in [0.1, 0.15) is 5.01 Å². The van der Waals surface area contributed by atoms with Crippen molar-refractivity contribution in [2.45, 2.75) is 0 Å². The van der Waals surface area contributed by atoms with E-state index >= 15 is 0 Å². The molecule has 0 unspecified atom stereocenters. The van der Waals surface area contributed by atoms with E-state index in [1.807, 2.05) is 66.7 Å². The Hall–Kier alpha value is -5.98. The van der Waals surface area contributed by atoms with Gasteiger partial charge in [0.15, 0.2) is 17.5 Å². The van der Waals surface area contributed by atoms with Gasteiger partial charge in [0.25, 0.3) is 0 Å². The molecule has 0 aliphatic rings. The zero-order valence-electron chi connectivity index (χ0n) is 24.6. The van der Waals surface area contributed by atoms with Crippen molar-refractivity contribution in [3.05, 3.63) is 152 Å². The Labute approximate surface area is 269 Å². The standard InChI is InChI=1S/C40H25N5S/c1-4-13-26(14-5-1)37-42-38(27-15-6-2-7-16-27)44-39(43-37)29-19-12-20-30(25-29)45-34-22-11-10-21-31(34)32-23-24-33-36(35(32)45)46-40(41-33)28-17-8-3-9-18-28/h1-25H. The second kappa shape index (κ2) is 10.9. The number of nitrogens with zero attached hydrogens (tertiary/aromatic N) is 5. The third-order valence-electron chi connectivity index (χ3n) is 8.27. The molecule has 3 heterocycles. The molecule has 0 N–H and O–H groups in total. The smallest absolute Gasteiger partial charge is 0.164 e. The molecule has 9 rings (SSSR count). The van der Waals surface area contributed by atoms with Crippen molar-refractivity contribution >= 4 is 43.4 Å². The largest absolute Gasteiger partial charge is 0.308 e. The molecule has 0 saturated carbocycles. The minimum absolute atomic E-state index is 0.629. The molecule has 0 fully saturated rings. The highest BCUT2D eigenvalue weighted by Crippen LogP contribution is 2.41. The summed E-state index contributed by atoms with van der Waals surface area (Å²) in [6.45, 7) is 0. The lowest BCUT2D eigenvalue weighted by molar-refractivity contribution is 1.07. The third-order valence-corrected chi connectivity index (χ3v) is 9.40. The van der Waals surface area contributed by atoms with Crippen molar-refractivity contribution in [1.82, 2.24) is 24.5 Å². The first-order valence-electron chi connectivity index (χ1n) is 15.2. The molecule has 6 aromatic carbocycles. The van der Waals surface area contributed by atoms with E-state index in [2.05, 4.69) is 89.5 Å². The average molecular weight is 608 g/mol. The lowest BCUT2D eigenvalue weighted by atomic mass is 10.1. The number of thiazole rings is 1. The highest BCUT2D eigenvalue weighted by atomic mass is 32.1. The van der Waals surface area contributed by atoms with Crippen molar-refractivity contribution in [2.24, 2.45) is 0 Å². The third kappa shape index (κ3) is 4.47. The SMILES string of the molecule is c1ccc(-c2nc(-c3ccccc3)nc(-c3cccc(-n4c5ccccc5c5ccc6nc(-c7ccccc7)sc6c54)c3)n2)cc1. The van der Waals surface area contributed by atoms with Crippen LogP contribution < -0.4 is 0 Å². The predicted octanol–water partition coefficient (Wildman–Crippen LogP) is 10.2. The summed E-state index contributed by atoms with van der Waals surface area (Å²) in [4.78, 5) is 19.9. The van der Waals surface area contributed by atoms with E-state index in [-0.39, 0.29) is 0 Å². The van der Waals surface area contributed by atoms with Gasteiger partial charge in [-0.25, -0.2) is 19.9 Å². The van der Waals surface area contributed by atoms with Gasteiger partial charge in [0, 0.05) is 38.7 Å². The molecule has 216 valence electrons. The summed E-state index contributed by atoms with van der Waals surface area (Å²) in [5, 5.41) is 3.42. The molecule has 0 saturated heterocycles. The van der Waals surface area contributed by atoms with Gasteiger partial charge in [-0.05, 0) is 30.3 Å². The van der Waals surface area contributed by atoms with Crippen molar-refractivity contribution < 1.29 is 0 Å².